The van der Waals surface area contributed by atoms with Crippen molar-refractivity contribution >= 4 is 17.5 Å². The van der Waals surface area contributed by atoms with Crippen LogP contribution in [0.4, 0.5) is 5.69 Å². The third kappa shape index (κ3) is 3.52. The predicted octanol–water partition coefficient (Wildman–Crippen LogP) is -1.40. The quantitative estimate of drug-likeness (QED) is 0.291. The molecule has 0 heterocycles. The van der Waals surface area contributed by atoms with Crippen molar-refractivity contribution in [2.45, 2.75) is 12.5 Å². The Morgan fingerprint density at radius 3 is 2.41 bits per heavy atom. The van der Waals surface area contributed by atoms with Crippen LogP contribution in [-0.4, -0.2) is 17.9 Å². The molecule has 17 heavy (non-hydrogen) atoms. The van der Waals surface area contributed by atoms with Crippen molar-refractivity contribution in [3.63, 3.8) is 0 Å². The van der Waals surface area contributed by atoms with Crippen LogP contribution in [-0.2, 0) is 9.59 Å². The topological polar surface area (TPSA) is 127 Å². The van der Waals surface area contributed by atoms with E-state index in [9.17, 15) is 9.59 Å². The van der Waals surface area contributed by atoms with Crippen LogP contribution in [0.25, 0.3) is 0 Å². The highest BCUT2D eigenvalue weighted by Gasteiger charge is 2.22. The maximum Gasteiger partial charge on any atom is 0.258 e. The zero-order valence-electron chi connectivity index (χ0n) is 9.17. The Kier molecular flexibility index (Phi) is 4.58. The third-order valence-corrected chi connectivity index (χ3v) is 2.16. The minimum absolute atomic E-state index is 0.212. The predicted molar refractivity (Wildman–Crippen MR) is 63.0 cm³/mol. The van der Waals surface area contributed by atoms with Gasteiger partial charge in [0.15, 0.2) is 0 Å². The molecule has 1 aromatic carbocycles. The van der Waals surface area contributed by atoms with E-state index in [4.69, 9.17) is 17.4 Å². The number of anilines is 1. The van der Waals surface area contributed by atoms with E-state index in [0.717, 1.165) is 5.01 Å². The van der Waals surface area contributed by atoms with E-state index >= 15 is 0 Å². The van der Waals surface area contributed by atoms with Crippen molar-refractivity contribution in [1.29, 1.82) is 0 Å². The van der Waals surface area contributed by atoms with E-state index in [0.29, 0.717) is 5.69 Å². The molecule has 92 valence electrons. The first kappa shape index (κ1) is 13.1. The lowest BCUT2D eigenvalue weighted by Crippen LogP contribution is -2.50. The monoisotopic (exact) mass is 237 g/mol. The number of nitrogens with one attached hydrogen (secondary N) is 1. The van der Waals surface area contributed by atoms with Crippen molar-refractivity contribution in [3.8, 4) is 0 Å². The molecule has 0 saturated heterocycles. The molecule has 1 rings (SSSR count). The summed E-state index contributed by atoms with van der Waals surface area (Å²) in [6.45, 7) is 0. The number of carbonyl (C=O) groups is 2. The SMILES string of the molecule is NNC(=O)C[C@H](N)C(=O)N(N)c1ccccc1. The number of rotatable bonds is 4. The van der Waals surface area contributed by atoms with E-state index in [2.05, 4.69) is 0 Å². The molecule has 1 aromatic rings. The van der Waals surface area contributed by atoms with Gasteiger partial charge in [0.1, 0.15) is 0 Å². The average Bonchev–Trinajstić information content (AvgIpc) is 2.37. The van der Waals surface area contributed by atoms with Crippen molar-refractivity contribution in [2.24, 2.45) is 17.4 Å². The van der Waals surface area contributed by atoms with Crippen LogP contribution in [0.5, 0.6) is 0 Å². The van der Waals surface area contributed by atoms with Gasteiger partial charge in [-0.3, -0.25) is 15.0 Å². The number of hydrogen-bond acceptors (Lipinski definition) is 5. The molecule has 0 aliphatic carbocycles. The van der Waals surface area contributed by atoms with Gasteiger partial charge in [-0.2, -0.15) is 0 Å². The van der Waals surface area contributed by atoms with Gasteiger partial charge in [-0.05, 0) is 12.1 Å². The molecule has 1 atom stereocenters. The molecule has 0 unspecified atom stereocenters. The first-order chi connectivity index (χ1) is 8.06. The fraction of sp³-hybridized carbons (Fsp3) is 0.200. The maximum atomic E-state index is 11.7. The van der Waals surface area contributed by atoms with E-state index in [1.807, 2.05) is 5.43 Å². The molecule has 0 radical (unpaired) electrons. The van der Waals surface area contributed by atoms with Gasteiger partial charge in [0, 0.05) is 0 Å². The standard InChI is InChI=1S/C10H15N5O2/c11-8(6-9(16)14-12)10(17)15(13)7-4-2-1-3-5-7/h1-5,8H,6,11-13H2,(H,14,16)/t8-/m0/s1. The summed E-state index contributed by atoms with van der Waals surface area (Å²) in [5, 5.41) is 0.911. The van der Waals surface area contributed by atoms with Gasteiger partial charge < -0.3 is 5.73 Å². The molecule has 0 saturated carbocycles. The Labute approximate surface area is 98.5 Å². The summed E-state index contributed by atoms with van der Waals surface area (Å²) in [6.07, 6.45) is -0.212. The van der Waals surface area contributed by atoms with Crippen LogP contribution < -0.4 is 27.9 Å². The van der Waals surface area contributed by atoms with Gasteiger partial charge in [0.05, 0.1) is 18.2 Å². The van der Waals surface area contributed by atoms with Crippen LogP contribution in [0.3, 0.4) is 0 Å². The van der Waals surface area contributed by atoms with Crippen molar-refractivity contribution in [2.75, 3.05) is 5.01 Å². The van der Waals surface area contributed by atoms with Crippen molar-refractivity contribution in [1.82, 2.24) is 5.43 Å². The Balaban J connectivity index is 2.67. The third-order valence-electron chi connectivity index (χ3n) is 2.16. The van der Waals surface area contributed by atoms with Crippen LogP contribution in [0.1, 0.15) is 6.42 Å². The molecule has 7 heteroatoms. The largest absolute Gasteiger partial charge is 0.319 e. The summed E-state index contributed by atoms with van der Waals surface area (Å²) >= 11 is 0. The maximum absolute atomic E-state index is 11.7. The Bertz CT molecular complexity index is 395. The zero-order valence-corrected chi connectivity index (χ0v) is 9.17. The highest BCUT2D eigenvalue weighted by molar-refractivity contribution is 5.98. The highest BCUT2D eigenvalue weighted by Crippen LogP contribution is 2.10. The molecule has 2 amide bonds. The van der Waals surface area contributed by atoms with Crippen LogP contribution >= 0.6 is 0 Å². The number of nitrogens with two attached hydrogens (primary N) is 3. The molecule has 0 spiro atoms. The first-order valence-corrected chi connectivity index (χ1v) is 4.95. The molecular weight excluding hydrogens is 222 g/mol. The van der Waals surface area contributed by atoms with Crippen molar-refractivity contribution in [3.05, 3.63) is 30.3 Å². The number of carbonyl (C=O) groups excluding carboxylic acids is 2. The van der Waals surface area contributed by atoms with Gasteiger partial charge in [0.2, 0.25) is 5.91 Å². The second-order valence-electron chi connectivity index (χ2n) is 3.42. The molecule has 7 nitrogen and oxygen atoms in total. The number of benzene rings is 1. The fourth-order valence-electron chi connectivity index (χ4n) is 1.24. The number of para-hydroxylation sites is 1. The Morgan fingerprint density at radius 1 is 1.29 bits per heavy atom. The fourth-order valence-corrected chi connectivity index (χ4v) is 1.24. The Morgan fingerprint density at radius 2 is 1.88 bits per heavy atom. The summed E-state index contributed by atoms with van der Waals surface area (Å²) in [5.41, 5.74) is 7.94. The lowest BCUT2D eigenvalue weighted by molar-refractivity contribution is -0.126. The Hall–Kier alpha value is -1.96. The number of amides is 2. The number of nitrogens with zero attached hydrogens (tertiary/aromatic N) is 1. The van der Waals surface area contributed by atoms with Crippen LogP contribution in [0.2, 0.25) is 0 Å². The summed E-state index contributed by atoms with van der Waals surface area (Å²) in [6, 6.07) is 7.57. The summed E-state index contributed by atoms with van der Waals surface area (Å²) in [5.74, 6) is 9.42. The van der Waals surface area contributed by atoms with Gasteiger partial charge >= 0.3 is 0 Å². The minimum atomic E-state index is -1.02. The van der Waals surface area contributed by atoms with Gasteiger partial charge in [0.25, 0.3) is 5.91 Å². The normalized spacial score (nSPS) is 11.7. The van der Waals surface area contributed by atoms with Gasteiger partial charge in [-0.25, -0.2) is 16.7 Å². The second-order valence-corrected chi connectivity index (χ2v) is 3.42. The molecule has 0 fully saturated rings. The van der Waals surface area contributed by atoms with Crippen molar-refractivity contribution < 1.29 is 9.59 Å². The van der Waals surface area contributed by atoms with E-state index in [1.165, 1.54) is 0 Å². The minimum Gasteiger partial charge on any atom is -0.319 e. The van der Waals surface area contributed by atoms with Crippen LogP contribution in [0.15, 0.2) is 30.3 Å². The number of hydrogen-bond donors (Lipinski definition) is 4. The molecular formula is C10H15N5O2. The molecule has 7 N–H and O–H groups in total. The lowest BCUT2D eigenvalue weighted by atomic mass is 10.2. The summed E-state index contributed by atoms with van der Waals surface area (Å²) in [7, 11) is 0. The zero-order chi connectivity index (χ0) is 12.8. The van der Waals surface area contributed by atoms with E-state index < -0.39 is 17.9 Å². The van der Waals surface area contributed by atoms with Gasteiger partial charge in [-0.1, -0.05) is 18.2 Å². The lowest BCUT2D eigenvalue weighted by Gasteiger charge is -2.20. The number of hydrazine groups is 2. The molecule has 0 aromatic heterocycles. The molecule has 0 aliphatic rings. The van der Waals surface area contributed by atoms with Gasteiger partial charge in [-0.15, -0.1) is 0 Å². The molecule has 0 aliphatic heterocycles. The highest BCUT2D eigenvalue weighted by atomic mass is 16.2. The van der Waals surface area contributed by atoms with Crippen LogP contribution in [0, 0.1) is 0 Å². The second kappa shape index (κ2) is 5.94. The molecule has 0 bridgehead atoms. The van der Waals surface area contributed by atoms with E-state index in [-0.39, 0.29) is 6.42 Å². The summed E-state index contributed by atoms with van der Waals surface area (Å²) in [4.78, 5) is 22.7. The first-order valence-electron chi connectivity index (χ1n) is 4.95. The summed E-state index contributed by atoms with van der Waals surface area (Å²) < 4.78 is 0. The van der Waals surface area contributed by atoms with E-state index in [1.54, 1.807) is 30.3 Å². The smallest absolute Gasteiger partial charge is 0.258 e. The average molecular weight is 237 g/mol.